The first-order valence-electron chi connectivity index (χ1n) is 4.27. The Bertz CT molecular complexity index is 434. The van der Waals surface area contributed by atoms with Gasteiger partial charge in [0.15, 0.2) is 5.82 Å². The van der Waals surface area contributed by atoms with E-state index in [0.29, 0.717) is 12.4 Å². The summed E-state index contributed by atoms with van der Waals surface area (Å²) in [6, 6.07) is 7.78. The number of H-pyrrole nitrogens is 1. The molecule has 0 spiro atoms. The highest BCUT2D eigenvalue weighted by atomic mass is 15.3. The number of nitrogens with one attached hydrogen (secondary N) is 1. The van der Waals surface area contributed by atoms with Crippen molar-refractivity contribution in [2.45, 2.75) is 6.54 Å². The summed E-state index contributed by atoms with van der Waals surface area (Å²) in [5.41, 5.74) is 12.9. The maximum absolute atomic E-state index is 5.53. The summed E-state index contributed by atoms with van der Waals surface area (Å²) >= 11 is 0. The van der Waals surface area contributed by atoms with E-state index in [1.54, 1.807) is 0 Å². The Kier molecular flexibility index (Phi) is 2.16. The molecule has 2 rings (SSSR count). The predicted molar refractivity (Wildman–Crippen MR) is 54.1 cm³/mol. The molecule has 0 radical (unpaired) electrons. The second kappa shape index (κ2) is 3.47. The van der Waals surface area contributed by atoms with E-state index in [-0.39, 0.29) is 5.95 Å². The van der Waals surface area contributed by atoms with E-state index in [9.17, 15) is 0 Å². The van der Waals surface area contributed by atoms with Gasteiger partial charge in [0.05, 0.1) is 0 Å². The van der Waals surface area contributed by atoms with Crippen LogP contribution >= 0.6 is 0 Å². The van der Waals surface area contributed by atoms with Crippen molar-refractivity contribution in [3.8, 4) is 11.4 Å². The van der Waals surface area contributed by atoms with E-state index in [2.05, 4.69) is 15.2 Å². The minimum atomic E-state index is 0.248. The molecular weight excluding hydrogens is 178 g/mol. The number of nitrogens with two attached hydrogens (primary N) is 2. The molecule has 1 heterocycles. The Hall–Kier alpha value is -1.88. The lowest BCUT2D eigenvalue weighted by Crippen LogP contribution is -1.96. The van der Waals surface area contributed by atoms with Crippen molar-refractivity contribution in [3.63, 3.8) is 0 Å². The molecular formula is C9H11N5. The molecule has 72 valence electrons. The van der Waals surface area contributed by atoms with Gasteiger partial charge in [-0.3, -0.25) is 5.10 Å². The molecule has 0 atom stereocenters. The average molecular weight is 189 g/mol. The van der Waals surface area contributed by atoms with Gasteiger partial charge in [-0.15, -0.1) is 5.10 Å². The van der Waals surface area contributed by atoms with E-state index in [0.717, 1.165) is 11.1 Å². The van der Waals surface area contributed by atoms with Crippen LogP contribution in [0.25, 0.3) is 11.4 Å². The lowest BCUT2D eigenvalue weighted by atomic mass is 10.1. The predicted octanol–water partition coefficient (Wildman–Crippen LogP) is 0.513. The summed E-state index contributed by atoms with van der Waals surface area (Å²) in [5, 5.41) is 6.51. The van der Waals surface area contributed by atoms with Crippen molar-refractivity contribution < 1.29 is 0 Å². The van der Waals surface area contributed by atoms with Crippen LogP contribution in [0.15, 0.2) is 24.3 Å². The minimum absolute atomic E-state index is 0.248. The highest BCUT2D eigenvalue weighted by Crippen LogP contribution is 2.16. The van der Waals surface area contributed by atoms with Crippen LogP contribution < -0.4 is 11.5 Å². The summed E-state index contributed by atoms with van der Waals surface area (Å²) < 4.78 is 0. The highest BCUT2D eigenvalue weighted by molar-refractivity contribution is 5.56. The largest absolute Gasteiger partial charge is 0.366 e. The molecule has 0 fully saturated rings. The second-order valence-electron chi connectivity index (χ2n) is 2.95. The molecule has 0 unspecified atom stereocenters. The fourth-order valence-corrected chi connectivity index (χ4v) is 1.25. The van der Waals surface area contributed by atoms with Crippen LogP contribution in [0, 0.1) is 0 Å². The van der Waals surface area contributed by atoms with Gasteiger partial charge in [-0.05, 0) is 11.6 Å². The molecule has 0 saturated heterocycles. The standard InChI is InChI=1S/C9H11N5/c10-5-6-2-1-3-7(4-6)8-12-9(11)14-13-8/h1-4H,5,10H2,(H3,11,12,13,14). The first-order chi connectivity index (χ1) is 6.79. The molecule has 0 aliphatic rings. The van der Waals surface area contributed by atoms with Gasteiger partial charge >= 0.3 is 0 Å². The molecule has 5 heteroatoms. The van der Waals surface area contributed by atoms with Gasteiger partial charge in [0.25, 0.3) is 0 Å². The van der Waals surface area contributed by atoms with Crippen LogP contribution in [-0.4, -0.2) is 15.2 Å². The number of hydrogen-bond acceptors (Lipinski definition) is 4. The Balaban J connectivity index is 2.41. The van der Waals surface area contributed by atoms with Crippen molar-refractivity contribution in [1.29, 1.82) is 0 Å². The van der Waals surface area contributed by atoms with E-state index in [1.807, 2.05) is 24.3 Å². The number of aromatic nitrogens is 3. The number of rotatable bonds is 2. The van der Waals surface area contributed by atoms with Crippen LogP contribution in [0.4, 0.5) is 5.95 Å². The van der Waals surface area contributed by atoms with Crippen LogP contribution in [0.2, 0.25) is 0 Å². The SMILES string of the molecule is NCc1cccc(-c2nc(N)n[nH]2)c1. The van der Waals surface area contributed by atoms with Gasteiger partial charge in [0, 0.05) is 12.1 Å². The third-order valence-electron chi connectivity index (χ3n) is 1.94. The summed E-state index contributed by atoms with van der Waals surface area (Å²) in [6.45, 7) is 0.511. The number of nitrogens with zero attached hydrogens (tertiary/aromatic N) is 2. The molecule has 0 saturated carbocycles. The number of anilines is 1. The molecule has 0 aliphatic carbocycles. The van der Waals surface area contributed by atoms with Crippen LogP contribution in [-0.2, 0) is 6.54 Å². The van der Waals surface area contributed by atoms with Gasteiger partial charge in [-0.1, -0.05) is 18.2 Å². The lowest BCUT2D eigenvalue weighted by Gasteiger charge is -1.99. The molecule has 0 bridgehead atoms. The van der Waals surface area contributed by atoms with Gasteiger partial charge in [0.2, 0.25) is 5.95 Å². The molecule has 1 aromatic heterocycles. The van der Waals surface area contributed by atoms with Gasteiger partial charge in [0.1, 0.15) is 0 Å². The first kappa shape index (κ1) is 8.71. The second-order valence-corrected chi connectivity index (χ2v) is 2.95. The Morgan fingerprint density at radius 1 is 1.36 bits per heavy atom. The zero-order chi connectivity index (χ0) is 9.97. The molecule has 5 nitrogen and oxygen atoms in total. The van der Waals surface area contributed by atoms with Gasteiger partial charge < -0.3 is 11.5 Å². The van der Waals surface area contributed by atoms with E-state index >= 15 is 0 Å². The lowest BCUT2D eigenvalue weighted by molar-refractivity contribution is 1.07. The number of aromatic amines is 1. The first-order valence-corrected chi connectivity index (χ1v) is 4.27. The third kappa shape index (κ3) is 1.57. The number of hydrogen-bond donors (Lipinski definition) is 3. The van der Waals surface area contributed by atoms with E-state index in [4.69, 9.17) is 11.5 Å². The van der Waals surface area contributed by atoms with Crippen molar-refractivity contribution in [2.24, 2.45) is 5.73 Å². The number of nitrogen functional groups attached to an aromatic ring is 1. The Morgan fingerprint density at radius 2 is 2.21 bits per heavy atom. The summed E-state index contributed by atoms with van der Waals surface area (Å²) in [7, 11) is 0. The third-order valence-corrected chi connectivity index (χ3v) is 1.94. The van der Waals surface area contributed by atoms with Gasteiger partial charge in [-0.25, -0.2) is 0 Å². The van der Waals surface area contributed by atoms with Crippen molar-refractivity contribution in [3.05, 3.63) is 29.8 Å². The quantitative estimate of drug-likeness (QED) is 0.641. The van der Waals surface area contributed by atoms with Gasteiger partial charge in [-0.2, -0.15) is 4.98 Å². The highest BCUT2D eigenvalue weighted by Gasteiger charge is 2.02. The summed E-state index contributed by atoms with van der Waals surface area (Å²) in [5.74, 6) is 0.913. The summed E-state index contributed by atoms with van der Waals surface area (Å²) in [4.78, 5) is 4.03. The zero-order valence-electron chi connectivity index (χ0n) is 7.57. The van der Waals surface area contributed by atoms with Crippen LogP contribution in [0.3, 0.4) is 0 Å². The molecule has 14 heavy (non-hydrogen) atoms. The van der Waals surface area contributed by atoms with Crippen LogP contribution in [0.5, 0.6) is 0 Å². The fraction of sp³-hybridized carbons (Fsp3) is 0.111. The topological polar surface area (TPSA) is 93.6 Å². The Labute approximate surface area is 81.2 Å². The van der Waals surface area contributed by atoms with Crippen LogP contribution in [0.1, 0.15) is 5.56 Å². The van der Waals surface area contributed by atoms with E-state index < -0.39 is 0 Å². The van der Waals surface area contributed by atoms with Crippen molar-refractivity contribution >= 4 is 5.95 Å². The van der Waals surface area contributed by atoms with E-state index in [1.165, 1.54) is 0 Å². The molecule has 5 N–H and O–H groups in total. The minimum Gasteiger partial charge on any atom is -0.366 e. The normalized spacial score (nSPS) is 10.4. The average Bonchev–Trinajstić information content (AvgIpc) is 2.65. The maximum atomic E-state index is 5.53. The molecule has 1 aromatic carbocycles. The monoisotopic (exact) mass is 189 g/mol. The molecule has 0 amide bonds. The van der Waals surface area contributed by atoms with Crippen molar-refractivity contribution in [1.82, 2.24) is 15.2 Å². The maximum Gasteiger partial charge on any atom is 0.239 e. The fourth-order valence-electron chi connectivity index (χ4n) is 1.25. The summed E-state index contributed by atoms with van der Waals surface area (Å²) in [6.07, 6.45) is 0. The molecule has 2 aromatic rings. The van der Waals surface area contributed by atoms with Crippen molar-refractivity contribution in [2.75, 3.05) is 5.73 Å². The smallest absolute Gasteiger partial charge is 0.239 e. The zero-order valence-corrected chi connectivity index (χ0v) is 7.57. The Morgan fingerprint density at radius 3 is 2.86 bits per heavy atom. The number of benzene rings is 1. The molecule has 0 aliphatic heterocycles.